The summed E-state index contributed by atoms with van der Waals surface area (Å²) in [4.78, 5) is 13.3. The summed E-state index contributed by atoms with van der Waals surface area (Å²) >= 11 is 0. The lowest BCUT2D eigenvalue weighted by Gasteiger charge is -2.30. The van der Waals surface area contributed by atoms with Gasteiger partial charge in [-0.2, -0.15) is 0 Å². The Morgan fingerprint density at radius 2 is 2.31 bits per heavy atom. The number of aliphatic carboxylic acids is 1. The van der Waals surface area contributed by atoms with Crippen LogP contribution >= 0.6 is 0 Å². The van der Waals surface area contributed by atoms with Crippen LogP contribution < -0.4 is 0 Å². The van der Waals surface area contributed by atoms with E-state index in [4.69, 9.17) is 5.11 Å². The van der Waals surface area contributed by atoms with E-state index in [-0.39, 0.29) is 12.6 Å². The van der Waals surface area contributed by atoms with Crippen molar-refractivity contribution in [3.63, 3.8) is 0 Å². The maximum Gasteiger partial charge on any atom is 0.320 e. The highest BCUT2D eigenvalue weighted by atomic mass is 16.4. The Bertz CT molecular complexity index is 220. The van der Waals surface area contributed by atoms with Gasteiger partial charge in [0.05, 0.1) is 0 Å². The summed E-state index contributed by atoms with van der Waals surface area (Å²) < 4.78 is 0. The first-order valence-electron chi connectivity index (χ1n) is 6.30. The van der Waals surface area contributed by atoms with Crippen LogP contribution in [0, 0.1) is 0 Å². The van der Waals surface area contributed by atoms with E-state index in [1.807, 2.05) is 6.92 Å². The zero-order chi connectivity index (χ0) is 12.0. The van der Waals surface area contributed by atoms with Crippen LogP contribution in [0.25, 0.3) is 0 Å². The number of carbonyl (C=O) groups is 1. The summed E-state index contributed by atoms with van der Waals surface area (Å²) in [5, 5.41) is 18.0. The van der Waals surface area contributed by atoms with Crippen LogP contribution in [-0.2, 0) is 4.79 Å². The summed E-state index contributed by atoms with van der Waals surface area (Å²) in [6, 6.07) is 0.0380. The smallest absolute Gasteiger partial charge is 0.320 e. The van der Waals surface area contributed by atoms with Crippen LogP contribution in [-0.4, -0.2) is 46.3 Å². The molecule has 0 aromatic carbocycles. The molecule has 1 rings (SSSR count). The molecule has 2 atom stereocenters. The number of carboxylic acid groups (broad SMARTS) is 1. The van der Waals surface area contributed by atoms with E-state index in [0.717, 1.165) is 45.1 Å². The van der Waals surface area contributed by atoms with Gasteiger partial charge in [-0.25, -0.2) is 0 Å². The average Bonchev–Trinajstić information content (AvgIpc) is 2.70. The molecule has 1 saturated heterocycles. The fraction of sp³-hybridized carbons (Fsp3) is 0.917. The molecule has 0 radical (unpaired) electrons. The van der Waals surface area contributed by atoms with Crippen LogP contribution in [0.2, 0.25) is 0 Å². The maximum atomic E-state index is 11.2. The second kappa shape index (κ2) is 6.86. The minimum absolute atomic E-state index is 0.204. The molecule has 1 aliphatic rings. The lowest BCUT2D eigenvalue weighted by atomic mass is 10.1. The number of rotatable bonds is 7. The molecular formula is C12H23NO3. The van der Waals surface area contributed by atoms with Crippen LogP contribution in [0.3, 0.4) is 0 Å². The van der Waals surface area contributed by atoms with Crippen molar-refractivity contribution in [2.75, 3.05) is 13.2 Å². The van der Waals surface area contributed by atoms with Crippen molar-refractivity contribution in [1.82, 2.24) is 4.90 Å². The number of hydrogen-bond donors (Lipinski definition) is 2. The third kappa shape index (κ3) is 3.46. The molecule has 0 aromatic heterocycles. The van der Waals surface area contributed by atoms with Crippen LogP contribution in [0.15, 0.2) is 0 Å². The Labute approximate surface area is 97.3 Å². The highest BCUT2D eigenvalue weighted by Crippen LogP contribution is 2.25. The van der Waals surface area contributed by atoms with Gasteiger partial charge in [-0.1, -0.05) is 13.3 Å². The Hall–Kier alpha value is -0.610. The maximum absolute atomic E-state index is 11.2. The Kier molecular flexibility index (Phi) is 5.77. The fourth-order valence-electron chi connectivity index (χ4n) is 2.61. The van der Waals surface area contributed by atoms with Gasteiger partial charge < -0.3 is 10.2 Å². The quantitative estimate of drug-likeness (QED) is 0.694. The molecule has 0 saturated carbocycles. The molecular weight excluding hydrogens is 206 g/mol. The molecule has 4 heteroatoms. The number of nitrogens with zero attached hydrogens (tertiary/aromatic N) is 1. The number of aliphatic hydroxyl groups is 1. The molecule has 0 amide bonds. The topological polar surface area (TPSA) is 60.8 Å². The van der Waals surface area contributed by atoms with Crippen molar-refractivity contribution in [3.8, 4) is 0 Å². The van der Waals surface area contributed by atoms with Gasteiger partial charge in [0.1, 0.15) is 6.04 Å². The van der Waals surface area contributed by atoms with Gasteiger partial charge in [0.15, 0.2) is 0 Å². The van der Waals surface area contributed by atoms with E-state index in [0.29, 0.717) is 6.04 Å². The molecule has 4 nitrogen and oxygen atoms in total. The molecule has 16 heavy (non-hydrogen) atoms. The van der Waals surface area contributed by atoms with Gasteiger partial charge in [-0.3, -0.25) is 9.69 Å². The Balaban J connectivity index is 2.56. The number of likely N-dealkylation sites (tertiary alicyclic amines) is 1. The second-order valence-electron chi connectivity index (χ2n) is 4.54. The van der Waals surface area contributed by atoms with E-state index in [2.05, 4.69) is 4.90 Å². The average molecular weight is 229 g/mol. The summed E-state index contributed by atoms with van der Waals surface area (Å²) in [5.74, 6) is -0.697. The number of aliphatic hydroxyl groups excluding tert-OH is 1. The van der Waals surface area contributed by atoms with Crippen LogP contribution in [0.4, 0.5) is 0 Å². The summed E-state index contributed by atoms with van der Waals surface area (Å²) in [7, 11) is 0. The van der Waals surface area contributed by atoms with Gasteiger partial charge in [-0.05, 0) is 38.6 Å². The van der Waals surface area contributed by atoms with E-state index < -0.39 is 5.97 Å². The van der Waals surface area contributed by atoms with Crippen LogP contribution in [0.1, 0.15) is 45.4 Å². The Morgan fingerprint density at radius 3 is 2.88 bits per heavy atom. The molecule has 0 spiro atoms. The molecule has 2 unspecified atom stereocenters. The normalized spacial score (nSPS) is 23.5. The highest BCUT2D eigenvalue weighted by molar-refractivity contribution is 5.73. The summed E-state index contributed by atoms with van der Waals surface area (Å²) in [5.41, 5.74) is 0. The van der Waals surface area contributed by atoms with Crippen molar-refractivity contribution in [3.05, 3.63) is 0 Å². The van der Waals surface area contributed by atoms with Crippen molar-refractivity contribution in [2.24, 2.45) is 0 Å². The standard InChI is InChI=1S/C12H23NO3/c1-2-5-11(12(15)16)13-8-3-6-10(13)7-4-9-14/h10-11,14H,2-9H2,1H3,(H,15,16). The predicted molar refractivity (Wildman–Crippen MR) is 62.4 cm³/mol. The zero-order valence-electron chi connectivity index (χ0n) is 10.1. The van der Waals surface area contributed by atoms with Crippen molar-refractivity contribution < 1.29 is 15.0 Å². The minimum Gasteiger partial charge on any atom is -0.480 e. The van der Waals surface area contributed by atoms with E-state index in [1.54, 1.807) is 0 Å². The largest absolute Gasteiger partial charge is 0.480 e. The SMILES string of the molecule is CCCC(C(=O)O)N1CCCC1CCCO. The van der Waals surface area contributed by atoms with Crippen molar-refractivity contribution in [2.45, 2.75) is 57.5 Å². The van der Waals surface area contributed by atoms with Crippen molar-refractivity contribution in [1.29, 1.82) is 0 Å². The third-order valence-corrected chi connectivity index (χ3v) is 3.37. The van der Waals surface area contributed by atoms with Gasteiger partial charge in [0, 0.05) is 12.6 Å². The molecule has 0 aromatic rings. The molecule has 1 fully saturated rings. The Morgan fingerprint density at radius 1 is 1.56 bits per heavy atom. The summed E-state index contributed by atoms with van der Waals surface area (Å²) in [6.07, 6.45) is 5.49. The first-order chi connectivity index (χ1) is 7.70. The van der Waals surface area contributed by atoms with Gasteiger partial charge >= 0.3 is 5.97 Å². The predicted octanol–water partition coefficient (Wildman–Crippen LogP) is 1.48. The highest BCUT2D eigenvalue weighted by Gasteiger charge is 2.33. The lowest BCUT2D eigenvalue weighted by molar-refractivity contribution is -0.144. The van der Waals surface area contributed by atoms with E-state index in [1.165, 1.54) is 0 Å². The number of carboxylic acids is 1. The van der Waals surface area contributed by atoms with Gasteiger partial charge in [0.2, 0.25) is 0 Å². The minimum atomic E-state index is -0.697. The lowest BCUT2D eigenvalue weighted by Crippen LogP contribution is -2.44. The molecule has 2 N–H and O–H groups in total. The van der Waals surface area contributed by atoms with Gasteiger partial charge in [-0.15, -0.1) is 0 Å². The van der Waals surface area contributed by atoms with Crippen molar-refractivity contribution >= 4 is 5.97 Å². The molecule has 0 bridgehead atoms. The molecule has 1 heterocycles. The van der Waals surface area contributed by atoms with Gasteiger partial charge in [0.25, 0.3) is 0 Å². The zero-order valence-corrected chi connectivity index (χ0v) is 10.1. The van der Waals surface area contributed by atoms with E-state index >= 15 is 0 Å². The molecule has 0 aliphatic carbocycles. The first kappa shape index (κ1) is 13.5. The third-order valence-electron chi connectivity index (χ3n) is 3.37. The molecule has 94 valence electrons. The second-order valence-corrected chi connectivity index (χ2v) is 4.54. The first-order valence-corrected chi connectivity index (χ1v) is 6.30. The fourth-order valence-corrected chi connectivity index (χ4v) is 2.61. The monoisotopic (exact) mass is 229 g/mol. The summed E-state index contributed by atoms with van der Waals surface area (Å²) in [6.45, 7) is 3.12. The number of hydrogen-bond acceptors (Lipinski definition) is 3. The van der Waals surface area contributed by atoms with E-state index in [9.17, 15) is 9.90 Å². The molecule has 1 aliphatic heterocycles. The van der Waals surface area contributed by atoms with Crippen LogP contribution in [0.5, 0.6) is 0 Å².